The summed E-state index contributed by atoms with van der Waals surface area (Å²) in [4.78, 5) is 13.5. The molecule has 1 aliphatic rings. The molecule has 2 unspecified atom stereocenters. The lowest BCUT2D eigenvalue weighted by molar-refractivity contribution is -0.118. The normalized spacial score (nSPS) is 21.1. The number of likely N-dealkylation sites (N-methyl/N-ethyl adjacent to an activating group) is 1. The van der Waals surface area contributed by atoms with Crippen molar-refractivity contribution < 1.29 is 9.90 Å². The van der Waals surface area contributed by atoms with Gasteiger partial charge in [-0.2, -0.15) is 0 Å². The van der Waals surface area contributed by atoms with Gasteiger partial charge >= 0.3 is 0 Å². The predicted molar refractivity (Wildman–Crippen MR) is 63.8 cm³/mol. The number of hydrogen-bond acceptors (Lipinski definition) is 2. The first-order valence-electron chi connectivity index (χ1n) is 5.58. The van der Waals surface area contributed by atoms with E-state index in [1.165, 1.54) is 0 Å². The lowest BCUT2D eigenvalue weighted by Crippen LogP contribution is -2.22. The summed E-state index contributed by atoms with van der Waals surface area (Å²) in [6.45, 7) is 4.04. The Hall–Kier alpha value is -1.35. The summed E-state index contributed by atoms with van der Waals surface area (Å²) in [5.74, 6) is 0.202. The van der Waals surface area contributed by atoms with Crippen molar-refractivity contribution >= 4 is 11.6 Å². The number of carbonyl (C=O) groups is 1. The van der Waals surface area contributed by atoms with Gasteiger partial charge in [0.05, 0.1) is 5.92 Å². The van der Waals surface area contributed by atoms with Crippen molar-refractivity contribution in [2.45, 2.75) is 25.7 Å². The van der Waals surface area contributed by atoms with Crippen molar-refractivity contribution in [2.24, 2.45) is 0 Å². The highest BCUT2D eigenvalue weighted by Gasteiger charge is 2.31. The molecule has 1 N–H and O–H groups in total. The standard InChI is InChI=1S/C13H17NO2/c1-8(7-15)10-4-5-12-11(6-10)9(2)13(16)14(12)3/h4-6,8-9,15H,7H2,1-3H3. The number of nitrogens with zero attached hydrogens (tertiary/aromatic N) is 1. The third-order valence-electron chi connectivity index (χ3n) is 3.42. The number of fused-ring (bicyclic) bond motifs is 1. The molecule has 16 heavy (non-hydrogen) atoms. The van der Waals surface area contributed by atoms with Crippen LogP contribution in [0, 0.1) is 0 Å². The molecule has 0 saturated carbocycles. The van der Waals surface area contributed by atoms with Crippen molar-refractivity contribution in [1.29, 1.82) is 0 Å². The minimum absolute atomic E-state index is 0.0640. The van der Waals surface area contributed by atoms with Crippen LogP contribution in [-0.4, -0.2) is 24.7 Å². The van der Waals surface area contributed by atoms with Gasteiger partial charge in [-0.05, 0) is 24.1 Å². The van der Waals surface area contributed by atoms with E-state index in [1.807, 2.05) is 32.0 Å². The Morgan fingerprint density at radius 1 is 1.50 bits per heavy atom. The Balaban J connectivity index is 2.45. The van der Waals surface area contributed by atoms with E-state index in [0.29, 0.717) is 0 Å². The van der Waals surface area contributed by atoms with Crippen LogP contribution in [0.25, 0.3) is 0 Å². The minimum atomic E-state index is -0.0640. The molecule has 0 fully saturated rings. The molecule has 0 spiro atoms. The Morgan fingerprint density at radius 2 is 2.19 bits per heavy atom. The zero-order valence-corrected chi connectivity index (χ0v) is 9.90. The molecule has 2 atom stereocenters. The molecule has 0 radical (unpaired) electrons. The first kappa shape index (κ1) is 11.1. The average Bonchev–Trinajstić information content (AvgIpc) is 2.53. The molecular weight excluding hydrogens is 202 g/mol. The maximum absolute atomic E-state index is 11.8. The fraction of sp³-hybridized carbons (Fsp3) is 0.462. The number of aliphatic hydroxyl groups is 1. The highest BCUT2D eigenvalue weighted by molar-refractivity contribution is 6.04. The average molecular weight is 219 g/mol. The van der Waals surface area contributed by atoms with Crippen molar-refractivity contribution in [3.05, 3.63) is 29.3 Å². The summed E-state index contributed by atoms with van der Waals surface area (Å²) >= 11 is 0. The van der Waals surface area contributed by atoms with Crippen LogP contribution >= 0.6 is 0 Å². The van der Waals surface area contributed by atoms with E-state index in [1.54, 1.807) is 11.9 Å². The van der Waals surface area contributed by atoms with Crippen molar-refractivity contribution in [3.63, 3.8) is 0 Å². The fourth-order valence-corrected chi connectivity index (χ4v) is 2.18. The summed E-state index contributed by atoms with van der Waals surface area (Å²) in [5.41, 5.74) is 3.16. The maximum Gasteiger partial charge on any atom is 0.234 e. The summed E-state index contributed by atoms with van der Waals surface area (Å²) < 4.78 is 0. The van der Waals surface area contributed by atoms with Crippen LogP contribution in [0.1, 0.15) is 36.8 Å². The smallest absolute Gasteiger partial charge is 0.234 e. The molecule has 1 aromatic rings. The second-order valence-corrected chi connectivity index (χ2v) is 4.52. The van der Waals surface area contributed by atoms with E-state index in [2.05, 4.69) is 0 Å². The number of aliphatic hydroxyl groups excluding tert-OH is 1. The van der Waals surface area contributed by atoms with Gasteiger partial charge in [-0.3, -0.25) is 4.79 Å². The molecule has 2 rings (SSSR count). The molecule has 3 nitrogen and oxygen atoms in total. The molecule has 1 heterocycles. The van der Waals surface area contributed by atoms with Crippen molar-refractivity contribution in [2.75, 3.05) is 18.6 Å². The Morgan fingerprint density at radius 3 is 2.81 bits per heavy atom. The maximum atomic E-state index is 11.8. The number of anilines is 1. The number of hydrogen-bond donors (Lipinski definition) is 1. The van der Waals surface area contributed by atoms with Crippen LogP contribution in [0.3, 0.4) is 0 Å². The minimum Gasteiger partial charge on any atom is -0.396 e. The summed E-state index contributed by atoms with van der Waals surface area (Å²) in [5, 5.41) is 9.13. The molecule has 0 saturated heterocycles. The molecule has 0 aliphatic carbocycles. The first-order valence-corrected chi connectivity index (χ1v) is 5.58. The second-order valence-electron chi connectivity index (χ2n) is 4.52. The van der Waals surface area contributed by atoms with Crippen LogP contribution in [-0.2, 0) is 4.79 Å². The summed E-state index contributed by atoms with van der Waals surface area (Å²) in [6.07, 6.45) is 0. The van der Waals surface area contributed by atoms with Gasteiger partial charge in [0, 0.05) is 25.3 Å². The van der Waals surface area contributed by atoms with Gasteiger partial charge in [-0.15, -0.1) is 0 Å². The quantitative estimate of drug-likeness (QED) is 0.824. The van der Waals surface area contributed by atoms with Crippen LogP contribution in [0.4, 0.5) is 5.69 Å². The molecule has 1 aliphatic heterocycles. The van der Waals surface area contributed by atoms with Crippen molar-refractivity contribution in [3.8, 4) is 0 Å². The van der Waals surface area contributed by atoms with E-state index in [9.17, 15) is 4.79 Å². The predicted octanol–water partition coefficient (Wildman–Crippen LogP) is 1.86. The van der Waals surface area contributed by atoms with E-state index < -0.39 is 0 Å². The lowest BCUT2D eigenvalue weighted by Gasteiger charge is -2.12. The zero-order chi connectivity index (χ0) is 11.9. The highest BCUT2D eigenvalue weighted by atomic mass is 16.3. The van der Waals surface area contributed by atoms with E-state index in [4.69, 9.17) is 5.11 Å². The van der Waals surface area contributed by atoms with Gasteiger partial charge in [0.1, 0.15) is 0 Å². The topological polar surface area (TPSA) is 40.5 Å². The zero-order valence-electron chi connectivity index (χ0n) is 9.90. The number of amides is 1. The molecule has 1 aromatic carbocycles. The monoisotopic (exact) mass is 219 g/mol. The van der Waals surface area contributed by atoms with Crippen LogP contribution < -0.4 is 4.90 Å². The Labute approximate surface area is 95.7 Å². The Kier molecular flexibility index (Phi) is 2.72. The number of benzene rings is 1. The van der Waals surface area contributed by atoms with Gasteiger partial charge < -0.3 is 10.0 Å². The first-order chi connectivity index (χ1) is 7.56. The largest absolute Gasteiger partial charge is 0.396 e. The SMILES string of the molecule is CC(CO)c1ccc2c(c1)C(C)C(=O)N2C. The lowest BCUT2D eigenvalue weighted by atomic mass is 9.95. The van der Waals surface area contributed by atoms with Gasteiger partial charge in [-0.1, -0.05) is 19.1 Å². The van der Waals surface area contributed by atoms with Gasteiger partial charge in [-0.25, -0.2) is 0 Å². The fourth-order valence-electron chi connectivity index (χ4n) is 2.18. The molecule has 1 amide bonds. The number of carbonyl (C=O) groups excluding carboxylic acids is 1. The third-order valence-corrected chi connectivity index (χ3v) is 3.42. The summed E-state index contributed by atoms with van der Waals surface area (Å²) in [6, 6.07) is 6.00. The van der Waals surface area contributed by atoms with Crippen LogP contribution in [0.5, 0.6) is 0 Å². The van der Waals surface area contributed by atoms with Crippen molar-refractivity contribution in [1.82, 2.24) is 0 Å². The summed E-state index contributed by atoms with van der Waals surface area (Å²) in [7, 11) is 1.81. The molecule has 86 valence electrons. The van der Waals surface area contributed by atoms with Crippen LogP contribution in [0.15, 0.2) is 18.2 Å². The van der Waals surface area contributed by atoms with E-state index in [-0.39, 0.29) is 24.3 Å². The van der Waals surface area contributed by atoms with Crippen LogP contribution in [0.2, 0.25) is 0 Å². The molecule has 3 heteroatoms. The van der Waals surface area contributed by atoms with E-state index >= 15 is 0 Å². The Bertz CT molecular complexity index is 428. The molecule has 0 bridgehead atoms. The molecule has 0 aromatic heterocycles. The second kappa shape index (κ2) is 3.91. The highest BCUT2D eigenvalue weighted by Crippen LogP contribution is 2.37. The van der Waals surface area contributed by atoms with Gasteiger partial charge in [0.15, 0.2) is 0 Å². The van der Waals surface area contributed by atoms with Gasteiger partial charge in [0.25, 0.3) is 0 Å². The van der Waals surface area contributed by atoms with Gasteiger partial charge in [0.2, 0.25) is 5.91 Å². The number of rotatable bonds is 2. The third kappa shape index (κ3) is 1.52. The van der Waals surface area contributed by atoms with E-state index in [0.717, 1.165) is 16.8 Å². The molecular formula is C13H17NO2.